The molecule has 0 atom stereocenters. The maximum absolute atomic E-state index is 9.25. The highest BCUT2D eigenvalue weighted by atomic mass is 16.4. The zero-order chi connectivity index (χ0) is 10.7. The summed E-state index contributed by atoms with van der Waals surface area (Å²) in [6, 6.07) is 0. The third kappa shape index (κ3) is 18.2. The largest absolute Gasteiger partial charge is 0.478 e. The minimum Gasteiger partial charge on any atom is -0.478 e. The van der Waals surface area contributed by atoms with Crippen molar-refractivity contribution in [1.82, 2.24) is 4.90 Å². The highest BCUT2D eigenvalue weighted by Gasteiger charge is 1.91. The predicted octanol–water partition coefficient (Wildman–Crippen LogP) is -0.840. The van der Waals surface area contributed by atoms with Gasteiger partial charge < -0.3 is 20.2 Å². The van der Waals surface area contributed by atoms with Gasteiger partial charge in [-0.1, -0.05) is 6.58 Å². The molecule has 0 bridgehead atoms. The van der Waals surface area contributed by atoms with E-state index < -0.39 is 5.97 Å². The fraction of sp³-hybridized carbons (Fsp3) is 0.625. The van der Waals surface area contributed by atoms with E-state index in [0.717, 1.165) is 6.08 Å². The first-order chi connectivity index (χ1) is 6.08. The molecule has 5 nitrogen and oxygen atoms in total. The van der Waals surface area contributed by atoms with Gasteiger partial charge in [-0.15, -0.1) is 0 Å². The van der Waals surface area contributed by atoms with Crippen LogP contribution in [-0.4, -0.2) is 59.5 Å². The van der Waals surface area contributed by atoms with Crippen molar-refractivity contribution in [1.29, 1.82) is 0 Å². The molecular formula is C8H17NO4. The summed E-state index contributed by atoms with van der Waals surface area (Å²) in [4.78, 5) is 11.1. The summed E-state index contributed by atoms with van der Waals surface area (Å²) in [6.45, 7) is 4.57. The summed E-state index contributed by atoms with van der Waals surface area (Å²) in [5, 5.41) is 24.3. The van der Waals surface area contributed by atoms with Gasteiger partial charge in [-0.05, 0) is 7.05 Å². The van der Waals surface area contributed by atoms with Gasteiger partial charge in [0, 0.05) is 19.2 Å². The summed E-state index contributed by atoms with van der Waals surface area (Å²) in [5.74, 6) is -0.981. The van der Waals surface area contributed by atoms with Crippen molar-refractivity contribution in [3.05, 3.63) is 12.7 Å². The van der Waals surface area contributed by atoms with Crippen LogP contribution in [0.4, 0.5) is 0 Å². The van der Waals surface area contributed by atoms with Crippen LogP contribution in [0.15, 0.2) is 12.7 Å². The first-order valence-corrected chi connectivity index (χ1v) is 3.84. The molecule has 0 spiro atoms. The number of nitrogens with zero attached hydrogens (tertiary/aromatic N) is 1. The number of hydrogen-bond donors (Lipinski definition) is 3. The average molecular weight is 191 g/mol. The summed E-state index contributed by atoms with van der Waals surface area (Å²) in [7, 11) is 1.85. The Morgan fingerprint density at radius 3 is 1.85 bits per heavy atom. The molecule has 0 heterocycles. The molecule has 0 unspecified atom stereocenters. The van der Waals surface area contributed by atoms with Crippen molar-refractivity contribution >= 4 is 5.97 Å². The lowest BCUT2D eigenvalue weighted by Crippen LogP contribution is -2.25. The smallest absolute Gasteiger partial charge is 0.327 e. The quantitative estimate of drug-likeness (QED) is 0.494. The van der Waals surface area contributed by atoms with E-state index in [9.17, 15) is 4.79 Å². The van der Waals surface area contributed by atoms with Crippen LogP contribution in [0.1, 0.15) is 0 Å². The van der Waals surface area contributed by atoms with Gasteiger partial charge in [0.1, 0.15) is 0 Å². The molecule has 3 N–H and O–H groups in total. The van der Waals surface area contributed by atoms with Crippen LogP contribution in [-0.2, 0) is 4.79 Å². The third-order valence-corrected chi connectivity index (χ3v) is 1.14. The lowest BCUT2D eigenvalue weighted by Gasteiger charge is -2.11. The van der Waals surface area contributed by atoms with Gasteiger partial charge in [0.25, 0.3) is 0 Å². The van der Waals surface area contributed by atoms with Crippen molar-refractivity contribution in [3.8, 4) is 0 Å². The van der Waals surface area contributed by atoms with Crippen molar-refractivity contribution in [2.75, 3.05) is 33.4 Å². The zero-order valence-corrected chi connectivity index (χ0v) is 7.81. The molecule has 13 heavy (non-hydrogen) atoms. The summed E-state index contributed by atoms with van der Waals surface area (Å²) in [5.41, 5.74) is 0. The Bertz CT molecular complexity index is 132. The lowest BCUT2D eigenvalue weighted by molar-refractivity contribution is -0.131. The van der Waals surface area contributed by atoms with Gasteiger partial charge in [0.15, 0.2) is 0 Å². The maximum Gasteiger partial charge on any atom is 0.327 e. The standard InChI is InChI=1S/C5H13NO2.C3H4O2/c1-6(2-4-7)3-5-8;1-2-3(4)5/h7-8H,2-5H2,1H3;2H,1H2,(H,4,5). The minimum atomic E-state index is -0.981. The van der Waals surface area contributed by atoms with Gasteiger partial charge in [-0.25, -0.2) is 4.79 Å². The van der Waals surface area contributed by atoms with Crippen LogP contribution in [0.2, 0.25) is 0 Å². The van der Waals surface area contributed by atoms with Gasteiger partial charge >= 0.3 is 5.97 Å². The number of carboxylic acid groups (broad SMARTS) is 1. The first kappa shape index (κ1) is 14.6. The molecule has 0 saturated carbocycles. The Hall–Kier alpha value is -0.910. The second kappa shape index (κ2) is 11.1. The van der Waals surface area contributed by atoms with E-state index in [1.165, 1.54) is 0 Å². The molecule has 0 saturated heterocycles. The number of aliphatic hydroxyl groups excluding tert-OH is 2. The van der Waals surface area contributed by atoms with Gasteiger partial charge in [-0.3, -0.25) is 0 Å². The summed E-state index contributed by atoms with van der Waals surface area (Å²) in [6.07, 6.45) is 0.833. The minimum absolute atomic E-state index is 0.163. The molecule has 0 rings (SSSR count). The monoisotopic (exact) mass is 191 g/mol. The Balaban J connectivity index is 0. The zero-order valence-electron chi connectivity index (χ0n) is 7.81. The lowest BCUT2D eigenvalue weighted by atomic mass is 10.5. The van der Waals surface area contributed by atoms with Crippen LogP contribution >= 0.6 is 0 Å². The molecule has 0 aromatic heterocycles. The van der Waals surface area contributed by atoms with E-state index >= 15 is 0 Å². The van der Waals surface area contributed by atoms with Crippen LogP contribution in [0, 0.1) is 0 Å². The molecule has 78 valence electrons. The van der Waals surface area contributed by atoms with Gasteiger partial charge in [-0.2, -0.15) is 0 Å². The van der Waals surface area contributed by atoms with E-state index in [0.29, 0.717) is 13.1 Å². The fourth-order valence-electron chi connectivity index (χ4n) is 0.453. The van der Waals surface area contributed by atoms with Gasteiger partial charge in [0.2, 0.25) is 0 Å². The number of carboxylic acids is 1. The summed E-state index contributed by atoms with van der Waals surface area (Å²) < 4.78 is 0. The average Bonchev–Trinajstić information content (AvgIpc) is 2.06. The molecular weight excluding hydrogens is 174 g/mol. The van der Waals surface area contributed by atoms with Crippen molar-refractivity contribution < 1.29 is 20.1 Å². The SMILES string of the molecule is C=CC(=O)O.CN(CCO)CCO. The van der Waals surface area contributed by atoms with Crippen molar-refractivity contribution in [2.45, 2.75) is 0 Å². The maximum atomic E-state index is 9.25. The number of carbonyl (C=O) groups is 1. The number of hydrogen-bond acceptors (Lipinski definition) is 4. The molecule has 0 aromatic carbocycles. The topological polar surface area (TPSA) is 81.0 Å². The fourth-order valence-corrected chi connectivity index (χ4v) is 0.453. The van der Waals surface area contributed by atoms with Crippen molar-refractivity contribution in [3.63, 3.8) is 0 Å². The molecule has 0 fully saturated rings. The van der Waals surface area contributed by atoms with Gasteiger partial charge in [0.05, 0.1) is 13.2 Å². The Morgan fingerprint density at radius 1 is 1.38 bits per heavy atom. The number of aliphatic hydroxyl groups is 2. The molecule has 0 aromatic rings. The van der Waals surface area contributed by atoms with E-state index in [-0.39, 0.29) is 13.2 Å². The molecule has 0 amide bonds. The predicted molar refractivity (Wildman–Crippen MR) is 49.5 cm³/mol. The Morgan fingerprint density at radius 2 is 1.69 bits per heavy atom. The normalized spacial score (nSPS) is 8.92. The second-order valence-corrected chi connectivity index (χ2v) is 2.29. The van der Waals surface area contributed by atoms with Crippen molar-refractivity contribution in [2.24, 2.45) is 0 Å². The number of rotatable bonds is 5. The highest BCUT2D eigenvalue weighted by Crippen LogP contribution is 1.76. The molecule has 0 radical (unpaired) electrons. The highest BCUT2D eigenvalue weighted by molar-refractivity contribution is 5.78. The number of aliphatic carboxylic acids is 1. The third-order valence-electron chi connectivity index (χ3n) is 1.14. The first-order valence-electron chi connectivity index (χ1n) is 3.84. The van der Waals surface area contributed by atoms with E-state index in [1.54, 1.807) is 0 Å². The van der Waals surface area contributed by atoms with E-state index in [4.69, 9.17) is 15.3 Å². The van der Waals surface area contributed by atoms with E-state index in [1.807, 2.05) is 11.9 Å². The van der Waals surface area contributed by atoms with Crippen LogP contribution in [0.5, 0.6) is 0 Å². The number of likely N-dealkylation sites (N-methyl/N-ethyl adjacent to an activating group) is 1. The Labute approximate surface area is 77.9 Å². The molecule has 5 heteroatoms. The van der Waals surface area contributed by atoms with Crippen LogP contribution < -0.4 is 0 Å². The molecule has 0 aliphatic carbocycles. The van der Waals surface area contributed by atoms with E-state index in [2.05, 4.69) is 6.58 Å². The Kier molecular flexibility index (Phi) is 12.5. The van der Waals surface area contributed by atoms with Crippen LogP contribution in [0.3, 0.4) is 0 Å². The summed E-state index contributed by atoms with van der Waals surface area (Å²) >= 11 is 0. The second-order valence-electron chi connectivity index (χ2n) is 2.29. The van der Waals surface area contributed by atoms with Crippen LogP contribution in [0.25, 0.3) is 0 Å². The molecule has 0 aliphatic heterocycles. The molecule has 0 aliphatic rings.